The summed E-state index contributed by atoms with van der Waals surface area (Å²) in [5.41, 5.74) is 1.07. The van der Waals surface area contributed by atoms with Crippen molar-refractivity contribution in [3.8, 4) is 0 Å². The summed E-state index contributed by atoms with van der Waals surface area (Å²) in [6.45, 7) is 5.73. The van der Waals surface area contributed by atoms with Crippen molar-refractivity contribution in [2.24, 2.45) is 45.6 Å². The Balaban J connectivity index is 1.60. The Morgan fingerprint density at radius 1 is 0.864 bits per heavy atom. The van der Waals surface area contributed by atoms with E-state index in [2.05, 4.69) is 19.0 Å². The van der Waals surface area contributed by atoms with Gasteiger partial charge < -0.3 is 0 Å². The summed E-state index contributed by atoms with van der Waals surface area (Å²) in [6.07, 6.45) is 14.3. The highest BCUT2D eigenvalue weighted by Crippen LogP contribution is 2.67. The summed E-state index contributed by atoms with van der Waals surface area (Å²) in [4.78, 5) is 10.8. The molecule has 0 heterocycles. The highest BCUT2D eigenvalue weighted by atomic mass is 16.3. The summed E-state index contributed by atoms with van der Waals surface area (Å²) in [7, 11) is 0. The molecule has 0 N–H and O–H groups in total. The number of nitroso groups, excluding NO2 is 1. The van der Waals surface area contributed by atoms with Crippen molar-refractivity contribution in [2.75, 3.05) is 6.54 Å². The molecule has 0 radical (unpaired) electrons. The van der Waals surface area contributed by atoms with Crippen molar-refractivity contribution in [3.63, 3.8) is 0 Å². The smallest absolute Gasteiger partial charge is 0.0844 e. The van der Waals surface area contributed by atoms with E-state index in [-0.39, 0.29) is 0 Å². The zero-order valence-corrected chi connectivity index (χ0v) is 14.5. The summed E-state index contributed by atoms with van der Waals surface area (Å²) < 4.78 is 0. The topological polar surface area (TPSA) is 29.4 Å². The van der Waals surface area contributed by atoms with Crippen molar-refractivity contribution in [1.29, 1.82) is 0 Å². The monoisotopic (exact) mass is 303 g/mol. The average Bonchev–Trinajstić information content (AvgIpc) is 2.84. The summed E-state index contributed by atoms with van der Waals surface area (Å²) in [5.74, 6) is 4.41. The quantitative estimate of drug-likeness (QED) is 0.593. The second-order valence-corrected chi connectivity index (χ2v) is 9.53. The van der Waals surface area contributed by atoms with Crippen LogP contribution in [-0.4, -0.2) is 6.54 Å². The molecule has 7 atom stereocenters. The minimum Gasteiger partial charge on any atom is -0.151 e. The third kappa shape index (κ3) is 1.97. The van der Waals surface area contributed by atoms with E-state index >= 15 is 0 Å². The van der Waals surface area contributed by atoms with E-state index < -0.39 is 0 Å². The molecule has 0 saturated heterocycles. The number of nitrogens with zero attached hydrogens (tertiary/aromatic N) is 1. The largest absolute Gasteiger partial charge is 0.151 e. The van der Waals surface area contributed by atoms with Gasteiger partial charge in [0.15, 0.2) is 0 Å². The van der Waals surface area contributed by atoms with Crippen molar-refractivity contribution < 1.29 is 0 Å². The van der Waals surface area contributed by atoms with Gasteiger partial charge in [-0.05, 0) is 91.8 Å². The number of rotatable bonds is 2. The van der Waals surface area contributed by atoms with E-state index in [0.29, 0.717) is 23.3 Å². The highest BCUT2D eigenvalue weighted by Gasteiger charge is 2.59. The Hall–Kier alpha value is -0.400. The summed E-state index contributed by atoms with van der Waals surface area (Å²) >= 11 is 0. The van der Waals surface area contributed by atoms with Gasteiger partial charge in [-0.2, -0.15) is 4.91 Å². The van der Waals surface area contributed by atoms with Crippen LogP contribution in [-0.2, 0) is 0 Å². The zero-order chi connectivity index (χ0) is 15.4. The molecule has 124 valence electrons. The molecule has 0 bridgehead atoms. The van der Waals surface area contributed by atoms with Crippen LogP contribution in [0.5, 0.6) is 0 Å². The highest BCUT2D eigenvalue weighted by molar-refractivity contribution is 5.08. The van der Waals surface area contributed by atoms with Gasteiger partial charge in [-0.3, -0.25) is 0 Å². The third-order valence-corrected chi connectivity index (χ3v) is 9.07. The van der Waals surface area contributed by atoms with Crippen LogP contribution in [0.4, 0.5) is 0 Å². The van der Waals surface area contributed by atoms with Crippen LogP contribution in [0, 0.1) is 45.3 Å². The normalized spacial score (nSPS) is 54.2. The van der Waals surface area contributed by atoms with Gasteiger partial charge in [0.25, 0.3) is 0 Å². The molecule has 0 aliphatic heterocycles. The van der Waals surface area contributed by atoms with Crippen LogP contribution >= 0.6 is 0 Å². The van der Waals surface area contributed by atoms with E-state index in [1.54, 1.807) is 0 Å². The molecule has 2 heteroatoms. The van der Waals surface area contributed by atoms with Crippen LogP contribution in [0.3, 0.4) is 0 Å². The molecule has 0 amide bonds. The van der Waals surface area contributed by atoms with Crippen molar-refractivity contribution >= 4 is 0 Å². The Labute approximate surface area is 135 Å². The fourth-order valence-electron chi connectivity index (χ4n) is 7.79. The maximum Gasteiger partial charge on any atom is 0.0844 e. The SMILES string of the molecule is C[C@]12CCCCC1CC[C@@H]1[C@H]2CC[C@]2(C)C(CN=O)CC[C@@H]12. The Morgan fingerprint density at radius 2 is 1.68 bits per heavy atom. The van der Waals surface area contributed by atoms with Gasteiger partial charge in [-0.15, -0.1) is 0 Å². The first-order valence-corrected chi connectivity index (χ1v) is 9.89. The molecular weight excluding hydrogens is 270 g/mol. The van der Waals surface area contributed by atoms with Gasteiger partial charge >= 0.3 is 0 Å². The van der Waals surface area contributed by atoms with Gasteiger partial charge in [-0.1, -0.05) is 31.9 Å². The van der Waals surface area contributed by atoms with E-state index in [9.17, 15) is 4.91 Å². The third-order valence-electron chi connectivity index (χ3n) is 9.07. The van der Waals surface area contributed by atoms with E-state index in [1.807, 2.05) is 0 Å². The molecule has 4 saturated carbocycles. The van der Waals surface area contributed by atoms with E-state index in [1.165, 1.54) is 64.2 Å². The fourth-order valence-corrected chi connectivity index (χ4v) is 7.79. The number of fused-ring (bicyclic) bond motifs is 5. The first-order chi connectivity index (χ1) is 10.6. The first-order valence-electron chi connectivity index (χ1n) is 9.89. The molecule has 2 unspecified atom stereocenters. The Morgan fingerprint density at radius 3 is 2.50 bits per heavy atom. The molecule has 4 rings (SSSR count). The molecule has 22 heavy (non-hydrogen) atoms. The average molecular weight is 303 g/mol. The lowest BCUT2D eigenvalue weighted by Gasteiger charge is -2.60. The van der Waals surface area contributed by atoms with Crippen LogP contribution in [0.25, 0.3) is 0 Å². The van der Waals surface area contributed by atoms with Crippen molar-refractivity contribution in [1.82, 2.24) is 0 Å². The molecule has 0 aromatic heterocycles. The fraction of sp³-hybridized carbons (Fsp3) is 1.00. The minimum atomic E-state index is 0.424. The maximum atomic E-state index is 10.8. The van der Waals surface area contributed by atoms with Gasteiger partial charge in [0.05, 0.1) is 6.54 Å². The second kappa shape index (κ2) is 5.31. The number of hydrogen-bond acceptors (Lipinski definition) is 2. The molecule has 4 aliphatic carbocycles. The summed E-state index contributed by atoms with van der Waals surface area (Å²) in [5, 5.41) is 3.29. The lowest BCUT2D eigenvalue weighted by Crippen LogP contribution is -2.52. The van der Waals surface area contributed by atoms with Crippen LogP contribution < -0.4 is 0 Å². The minimum absolute atomic E-state index is 0.424. The summed E-state index contributed by atoms with van der Waals surface area (Å²) in [6, 6.07) is 0. The van der Waals surface area contributed by atoms with Crippen molar-refractivity contribution in [2.45, 2.75) is 78.1 Å². The van der Waals surface area contributed by atoms with Gasteiger partial charge in [0, 0.05) is 0 Å². The van der Waals surface area contributed by atoms with Gasteiger partial charge in [0.1, 0.15) is 0 Å². The van der Waals surface area contributed by atoms with Crippen LogP contribution in [0.1, 0.15) is 78.1 Å². The molecule has 4 fully saturated rings. The first kappa shape index (κ1) is 15.1. The van der Waals surface area contributed by atoms with Gasteiger partial charge in [-0.25, -0.2) is 0 Å². The van der Waals surface area contributed by atoms with Crippen molar-refractivity contribution in [3.05, 3.63) is 4.91 Å². The van der Waals surface area contributed by atoms with E-state index in [0.717, 1.165) is 23.7 Å². The lowest BCUT2D eigenvalue weighted by atomic mass is 9.45. The molecule has 4 aliphatic rings. The predicted molar refractivity (Wildman–Crippen MR) is 90.5 cm³/mol. The Kier molecular flexibility index (Phi) is 3.66. The second-order valence-electron chi connectivity index (χ2n) is 9.53. The zero-order valence-electron chi connectivity index (χ0n) is 14.5. The number of hydrogen-bond donors (Lipinski definition) is 0. The Bertz CT molecular complexity index is 449. The van der Waals surface area contributed by atoms with Gasteiger partial charge in [0.2, 0.25) is 0 Å². The van der Waals surface area contributed by atoms with E-state index in [4.69, 9.17) is 0 Å². The molecule has 2 nitrogen and oxygen atoms in total. The maximum absolute atomic E-state index is 10.8. The lowest BCUT2D eigenvalue weighted by molar-refractivity contribution is -0.110. The van der Waals surface area contributed by atoms with Crippen LogP contribution in [0.15, 0.2) is 5.18 Å². The molecule has 0 aromatic carbocycles. The molecule has 0 aromatic rings. The standard InChI is InChI=1S/C20H33NO/c1-19-11-4-3-5-14(19)6-8-16-17-9-7-15(13-21-22)20(17,2)12-10-18(16)19/h14-18H,3-13H2,1-2H3/t14?,15?,16-,17-,18+,19-,20+/m0/s1. The molecular formula is C20H33NO. The molecule has 0 spiro atoms. The van der Waals surface area contributed by atoms with Crippen LogP contribution in [0.2, 0.25) is 0 Å². The predicted octanol–water partition coefficient (Wildman–Crippen LogP) is 5.80.